The van der Waals surface area contributed by atoms with Crippen molar-refractivity contribution in [3.8, 4) is 0 Å². The van der Waals surface area contributed by atoms with Crippen molar-refractivity contribution in [3.05, 3.63) is 64.9 Å². The Balaban J connectivity index is 1.64. The highest BCUT2D eigenvalue weighted by atomic mass is 19.1. The number of benzene rings is 1. The molecule has 1 aromatic carbocycles. The molecule has 33 heavy (non-hydrogen) atoms. The topological polar surface area (TPSA) is 87.9 Å². The van der Waals surface area contributed by atoms with Gasteiger partial charge in [-0.1, -0.05) is 12.1 Å². The van der Waals surface area contributed by atoms with Gasteiger partial charge < -0.3 is 14.2 Å². The van der Waals surface area contributed by atoms with E-state index in [0.29, 0.717) is 47.7 Å². The zero-order valence-electron chi connectivity index (χ0n) is 18.3. The van der Waals surface area contributed by atoms with Gasteiger partial charge in [0.25, 0.3) is 11.8 Å². The first-order valence-corrected chi connectivity index (χ1v) is 11.0. The van der Waals surface area contributed by atoms with Crippen molar-refractivity contribution in [2.75, 3.05) is 26.8 Å². The van der Waals surface area contributed by atoms with Crippen LogP contribution in [0.3, 0.4) is 0 Å². The molecule has 172 valence electrons. The predicted molar refractivity (Wildman–Crippen MR) is 118 cm³/mol. The number of nitrogens with zero attached hydrogens (tertiary/aromatic N) is 4. The average molecular weight is 452 g/mol. The molecule has 0 saturated carbocycles. The molecule has 2 amide bonds. The smallest absolute Gasteiger partial charge is 0.296 e. The minimum absolute atomic E-state index is 0.00484. The van der Waals surface area contributed by atoms with Crippen LogP contribution in [0.4, 0.5) is 4.39 Å². The largest absolute Gasteiger partial charge is 0.383 e. The normalized spacial score (nSPS) is 18.3. The summed E-state index contributed by atoms with van der Waals surface area (Å²) in [5, 5.41) is 11.2. The number of carbonyl (C=O) groups is 2. The molecule has 0 spiro atoms. The second kappa shape index (κ2) is 8.57. The summed E-state index contributed by atoms with van der Waals surface area (Å²) < 4.78 is 20.6. The molecular formula is C24H25FN4O4. The van der Waals surface area contributed by atoms with Gasteiger partial charge in [-0.25, -0.2) is 14.4 Å². The molecule has 4 heterocycles. The number of hydroxylamine groups is 2. The third-order valence-corrected chi connectivity index (χ3v) is 6.53. The molecule has 0 radical (unpaired) electrons. The van der Waals surface area contributed by atoms with Gasteiger partial charge in [-0.15, -0.1) is 0 Å². The van der Waals surface area contributed by atoms with Crippen molar-refractivity contribution in [1.82, 2.24) is 19.5 Å². The van der Waals surface area contributed by atoms with Crippen LogP contribution in [0.5, 0.6) is 0 Å². The van der Waals surface area contributed by atoms with Crippen LogP contribution in [-0.4, -0.2) is 69.4 Å². The SMILES string of the molecule is COC[C@H]1CCCN1C(=O)c1cn(Cc2ccc(F)cc2)c2cnc3c(c12)CCN(O)C3=O. The Labute approximate surface area is 190 Å². The number of amides is 2. The van der Waals surface area contributed by atoms with E-state index in [9.17, 15) is 19.2 Å². The molecule has 1 atom stereocenters. The number of methoxy groups -OCH3 is 1. The fraction of sp³-hybridized carbons (Fsp3) is 0.375. The third kappa shape index (κ3) is 3.77. The number of aromatic nitrogens is 2. The van der Waals surface area contributed by atoms with E-state index >= 15 is 0 Å². The Kier molecular flexibility index (Phi) is 5.59. The molecule has 1 N–H and O–H groups in total. The molecule has 2 aromatic heterocycles. The summed E-state index contributed by atoms with van der Waals surface area (Å²) in [6.45, 7) is 1.68. The van der Waals surface area contributed by atoms with Crippen molar-refractivity contribution in [3.63, 3.8) is 0 Å². The van der Waals surface area contributed by atoms with Gasteiger partial charge in [0.05, 0.1) is 36.5 Å². The summed E-state index contributed by atoms with van der Waals surface area (Å²) in [7, 11) is 1.63. The Bertz CT molecular complexity index is 1220. The van der Waals surface area contributed by atoms with Crippen LogP contribution in [0.25, 0.3) is 10.9 Å². The summed E-state index contributed by atoms with van der Waals surface area (Å²) >= 11 is 0. The highest BCUT2D eigenvalue weighted by Crippen LogP contribution is 2.32. The van der Waals surface area contributed by atoms with E-state index in [2.05, 4.69) is 4.98 Å². The summed E-state index contributed by atoms with van der Waals surface area (Å²) in [6, 6.07) is 6.22. The number of ether oxygens (including phenoxy) is 1. The summed E-state index contributed by atoms with van der Waals surface area (Å²) in [6.07, 6.45) is 5.56. The Morgan fingerprint density at radius 1 is 1.27 bits per heavy atom. The number of hydrogen-bond acceptors (Lipinski definition) is 5. The zero-order chi connectivity index (χ0) is 23.1. The van der Waals surface area contributed by atoms with Crippen LogP contribution in [0.2, 0.25) is 0 Å². The number of likely N-dealkylation sites (tertiary alicyclic amines) is 1. The number of fused-ring (bicyclic) bond motifs is 3. The monoisotopic (exact) mass is 452 g/mol. The lowest BCUT2D eigenvalue weighted by Crippen LogP contribution is -2.38. The Morgan fingerprint density at radius 2 is 2.06 bits per heavy atom. The van der Waals surface area contributed by atoms with Gasteiger partial charge >= 0.3 is 0 Å². The van der Waals surface area contributed by atoms with Crippen LogP contribution in [0, 0.1) is 5.82 Å². The van der Waals surface area contributed by atoms with E-state index in [1.54, 1.807) is 31.6 Å². The molecule has 2 aliphatic heterocycles. The maximum Gasteiger partial charge on any atom is 0.296 e. The second-order valence-corrected chi connectivity index (χ2v) is 8.57. The van der Waals surface area contributed by atoms with Crippen LogP contribution in [0.1, 0.15) is 44.8 Å². The quantitative estimate of drug-likeness (QED) is 0.602. The van der Waals surface area contributed by atoms with Crippen molar-refractivity contribution >= 4 is 22.7 Å². The highest BCUT2D eigenvalue weighted by Gasteiger charge is 2.34. The molecule has 1 fully saturated rings. The van der Waals surface area contributed by atoms with E-state index in [4.69, 9.17) is 4.74 Å². The van der Waals surface area contributed by atoms with Crippen LogP contribution >= 0.6 is 0 Å². The molecule has 0 aliphatic carbocycles. The summed E-state index contributed by atoms with van der Waals surface area (Å²) in [5.41, 5.74) is 2.95. The highest BCUT2D eigenvalue weighted by molar-refractivity contribution is 6.10. The van der Waals surface area contributed by atoms with Gasteiger partial charge in [-0.3, -0.25) is 14.8 Å². The summed E-state index contributed by atoms with van der Waals surface area (Å²) in [5.74, 6) is -0.987. The molecule has 8 nitrogen and oxygen atoms in total. The number of hydrogen-bond donors (Lipinski definition) is 1. The van der Waals surface area contributed by atoms with Gasteiger partial charge in [-0.2, -0.15) is 0 Å². The zero-order valence-corrected chi connectivity index (χ0v) is 18.3. The Morgan fingerprint density at radius 3 is 2.82 bits per heavy atom. The van der Waals surface area contributed by atoms with E-state index in [1.807, 2.05) is 9.47 Å². The maximum absolute atomic E-state index is 13.7. The van der Waals surface area contributed by atoms with Crippen LogP contribution in [-0.2, 0) is 17.7 Å². The first-order valence-electron chi connectivity index (χ1n) is 11.0. The molecule has 9 heteroatoms. The first kappa shape index (κ1) is 21.5. The lowest BCUT2D eigenvalue weighted by molar-refractivity contribution is -0.0606. The lowest BCUT2D eigenvalue weighted by atomic mass is 9.98. The molecule has 0 bridgehead atoms. The third-order valence-electron chi connectivity index (χ3n) is 6.53. The van der Waals surface area contributed by atoms with Gasteiger partial charge in [0, 0.05) is 31.8 Å². The molecule has 0 unspecified atom stereocenters. The molecule has 5 rings (SSSR count). The van der Waals surface area contributed by atoms with Crippen molar-refractivity contribution in [1.29, 1.82) is 0 Å². The molecule has 2 aliphatic rings. The van der Waals surface area contributed by atoms with Gasteiger partial charge in [0.15, 0.2) is 0 Å². The minimum atomic E-state index is -0.568. The first-order chi connectivity index (χ1) is 16.0. The van der Waals surface area contributed by atoms with Crippen molar-refractivity contribution < 1.29 is 23.9 Å². The Hall–Kier alpha value is -3.30. The van der Waals surface area contributed by atoms with Gasteiger partial charge in [-0.05, 0) is 42.5 Å². The number of pyridine rings is 1. The summed E-state index contributed by atoms with van der Waals surface area (Å²) in [4.78, 5) is 32.4. The van der Waals surface area contributed by atoms with E-state index < -0.39 is 5.91 Å². The minimum Gasteiger partial charge on any atom is -0.383 e. The van der Waals surface area contributed by atoms with Crippen LogP contribution in [0.15, 0.2) is 36.7 Å². The van der Waals surface area contributed by atoms with Gasteiger partial charge in [0.2, 0.25) is 0 Å². The number of halogens is 1. The van der Waals surface area contributed by atoms with Crippen LogP contribution < -0.4 is 0 Å². The molecular weight excluding hydrogens is 427 g/mol. The molecule has 3 aromatic rings. The van der Waals surface area contributed by atoms with Crippen molar-refractivity contribution in [2.45, 2.75) is 31.8 Å². The van der Waals surface area contributed by atoms with E-state index in [1.165, 1.54) is 12.1 Å². The van der Waals surface area contributed by atoms with E-state index in [0.717, 1.165) is 23.9 Å². The lowest BCUT2D eigenvalue weighted by Gasteiger charge is -2.25. The average Bonchev–Trinajstić information content (AvgIpc) is 3.42. The van der Waals surface area contributed by atoms with E-state index in [-0.39, 0.29) is 30.0 Å². The fourth-order valence-corrected chi connectivity index (χ4v) is 4.92. The number of carbonyl (C=O) groups excluding carboxylic acids is 2. The standard InChI is InChI=1S/C24H25FN4O4/c1-33-14-17-3-2-9-28(17)23(30)19-13-27(12-15-4-6-16(25)7-5-15)20-11-26-22-18(21(19)20)8-10-29(32)24(22)31/h4-7,11,13,17,32H,2-3,8-10,12,14H2,1H3/t17-/m1/s1. The number of rotatable bonds is 5. The maximum atomic E-state index is 13.7. The second-order valence-electron chi connectivity index (χ2n) is 8.57. The van der Waals surface area contributed by atoms with Gasteiger partial charge in [0.1, 0.15) is 11.5 Å². The van der Waals surface area contributed by atoms with Crippen molar-refractivity contribution in [2.24, 2.45) is 0 Å². The fourth-order valence-electron chi connectivity index (χ4n) is 4.92. The predicted octanol–water partition coefficient (Wildman–Crippen LogP) is 2.86. The molecule has 1 saturated heterocycles.